The van der Waals surface area contributed by atoms with Gasteiger partial charge < -0.3 is 14.4 Å². The van der Waals surface area contributed by atoms with Gasteiger partial charge in [-0.2, -0.15) is 0 Å². The lowest BCUT2D eigenvalue weighted by molar-refractivity contribution is 1.17. The Morgan fingerprint density at radius 2 is 0.627 bits per heavy atom. The van der Waals surface area contributed by atoms with Gasteiger partial charge in [0.25, 0.3) is 0 Å². The normalized spacial score (nSPS) is 11.1. The molecule has 0 atom stereocenters. The molecule has 0 saturated carbocycles. The predicted molar refractivity (Wildman–Crippen MR) is 216 cm³/mol. The first-order valence-corrected chi connectivity index (χ1v) is 17.4. The molecule has 8 aromatic carbocycles. The molecule has 0 saturated heterocycles. The minimum Gasteiger partial charge on any atom is -0.311 e. The van der Waals surface area contributed by atoms with Crippen molar-refractivity contribution >= 4 is 55.9 Å². The maximum absolute atomic E-state index is 2.38. The van der Waals surface area contributed by atoms with E-state index in [-0.39, 0.29) is 0 Å². The van der Waals surface area contributed by atoms with Crippen molar-refractivity contribution in [2.24, 2.45) is 0 Å². The van der Waals surface area contributed by atoms with Crippen LogP contribution in [0.25, 0.3) is 38.6 Å². The van der Waals surface area contributed by atoms with E-state index in [9.17, 15) is 0 Å². The highest BCUT2D eigenvalue weighted by molar-refractivity contribution is 6.09. The number of fused-ring (bicyclic) bond motifs is 3. The summed E-state index contributed by atoms with van der Waals surface area (Å²) < 4.78 is 2.38. The van der Waals surface area contributed by atoms with E-state index in [4.69, 9.17) is 0 Å². The lowest BCUT2D eigenvalue weighted by Crippen LogP contribution is -2.10. The van der Waals surface area contributed by atoms with Gasteiger partial charge in [-0.05, 0) is 102 Å². The second-order valence-electron chi connectivity index (χ2n) is 12.7. The molecule has 242 valence electrons. The lowest BCUT2D eigenvalue weighted by Gasteiger charge is -2.26. The van der Waals surface area contributed by atoms with Crippen LogP contribution in [0.15, 0.2) is 212 Å². The topological polar surface area (TPSA) is 11.4 Å². The summed E-state index contributed by atoms with van der Waals surface area (Å²) in [6.07, 6.45) is 0. The smallest absolute Gasteiger partial charge is 0.0541 e. The van der Waals surface area contributed by atoms with Crippen molar-refractivity contribution in [3.05, 3.63) is 212 Å². The number of rotatable bonds is 8. The Morgan fingerprint density at radius 1 is 0.275 bits per heavy atom. The lowest BCUT2D eigenvalue weighted by atomic mass is 10.0. The first-order chi connectivity index (χ1) is 25.3. The van der Waals surface area contributed by atoms with Gasteiger partial charge in [0.1, 0.15) is 0 Å². The van der Waals surface area contributed by atoms with Crippen LogP contribution in [0, 0.1) is 0 Å². The number of anilines is 6. The fourth-order valence-corrected chi connectivity index (χ4v) is 7.20. The van der Waals surface area contributed by atoms with Crippen LogP contribution in [0.3, 0.4) is 0 Å². The minimum absolute atomic E-state index is 1.10. The molecule has 0 fully saturated rings. The molecule has 0 aliphatic carbocycles. The molecule has 51 heavy (non-hydrogen) atoms. The zero-order valence-corrected chi connectivity index (χ0v) is 28.0. The van der Waals surface area contributed by atoms with Crippen LogP contribution in [0.1, 0.15) is 0 Å². The summed E-state index contributed by atoms with van der Waals surface area (Å²) in [4.78, 5) is 4.62. The van der Waals surface area contributed by atoms with E-state index in [1.807, 2.05) is 0 Å². The van der Waals surface area contributed by atoms with Crippen molar-refractivity contribution in [2.45, 2.75) is 0 Å². The SMILES string of the molecule is c1ccc(N(c2ccccc2)c2ccc(-c3ccc(N(c4ccccc4)c4cccc(-n5c6ccccc6c6ccccc65)c4)cc3)cc2)cc1. The molecule has 3 heteroatoms. The zero-order chi connectivity index (χ0) is 34.0. The molecule has 9 rings (SSSR count). The Morgan fingerprint density at radius 3 is 1.08 bits per heavy atom. The van der Waals surface area contributed by atoms with Gasteiger partial charge in [-0.1, -0.05) is 121 Å². The summed E-state index contributed by atoms with van der Waals surface area (Å²) >= 11 is 0. The summed E-state index contributed by atoms with van der Waals surface area (Å²) in [5, 5.41) is 2.52. The van der Waals surface area contributed by atoms with Crippen molar-refractivity contribution in [1.82, 2.24) is 4.57 Å². The highest BCUT2D eigenvalue weighted by Crippen LogP contribution is 2.39. The molecular formula is C48H35N3. The maximum Gasteiger partial charge on any atom is 0.0541 e. The molecule has 3 nitrogen and oxygen atoms in total. The van der Waals surface area contributed by atoms with Gasteiger partial charge in [-0.25, -0.2) is 0 Å². The highest BCUT2D eigenvalue weighted by Gasteiger charge is 2.17. The van der Waals surface area contributed by atoms with Crippen molar-refractivity contribution in [1.29, 1.82) is 0 Å². The second kappa shape index (κ2) is 13.2. The number of aromatic nitrogens is 1. The molecule has 0 aliphatic heterocycles. The van der Waals surface area contributed by atoms with Crippen molar-refractivity contribution in [2.75, 3.05) is 9.80 Å². The predicted octanol–water partition coefficient (Wildman–Crippen LogP) is 13.4. The van der Waals surface area contributed by atoms with E-state index in [1.54, 1.807) is 0 Å². The zero-order valence-electron chi connectivity index (χ0n) is 28.0. The Balaban J connectivity index is 1.07. The summed E-state index contributed by atoms with van der Waals surface area (Å²) in [5.41, 5.74) is 12.5. The van der Waals surface area contributed by atoms with Gasteiger partial charge in [0.2, 0.25) is 0 Å². The Hall–Kier alpha value is -6.84. The van der Waals surface area contributed by atoms with Crippen molar-refractivity contribution in [3.8, 4) is 16.8 Å². The van der Waals surface area contributed by atoms with E-state index in [2.05, 4.69) is 227 Å². The number of nitrogens with zero attached hydrogens (tertiary/aromatic N) is 3. The summed E-state index contributed by atoms with van der Waals surface area (Å²) in [7, 11) is 0. The van der Waals surface area contributed by atoms with E-state index >= 15 is 0 Å². The van der Waals surface area contributed by atoms with E-state index in [1.165, 1.54) is 32.9 Å². The van der Waals surface area contributed by atoms with Crippen LogP contribution in [0.4, 0.5) is 34.1 Å². The monoisotopic (exact) mass is 653 g/mol. The quantitative estimate of drug-likeness (QED) is 0.162. The second-order valence-corrected chi connectivity index (χ2v) is 12.7. The van der Waals surface area contributed by atoms with Crippen LogP contribution in [-0.2, 0) is 0 Å². The van der Waals surface area contributed by atoms with Crippen molar-refractivity contribution < 1.29 is 0 Å². The van der Waals surface area contributed by atoms with Gasteiger partial charge in [0, 0.05) is 50.6 Å². The van der Waals surface area contributed by atoms with Crippen LogP contribution >= 0.6 is 0 Å². The Labute approximate surface area is 298 Å². The van der Waals surface area contributed by atoms with Gasteiger partial charge in [-0.3, -0.25) is 0 Å². The summed E-state index contributed by atoms with van der Waals surface area (Å²) in [5.74, 6) is 0. The summed E-state index contributed by atoms with van der Waals surface area (Å²) in [6.45, 7) is 0. The molecule has 1 heterocycles. The third kappa shape index (κ3) is 5.71. The fraction of sp³-hybridized carbons (Fsp3) is 0. The molecule has 0 bridgehead atoms. The molecule has 0 aliphatic rings. The molecule has 0 spiro atoms. The third-order valence-corrected chi connectivity index (χ3v) is 9.55. The van der Waals surface area contributed by atoms with E-state index < -0.39 is 0 Å². The number of para-hydroxylation sites is 5. The average molecular weight is 654 g/mol. The average Bonchev–Trinajstić information content (AvgIpc) is 3.55. The van der Waals surface area contributed by atoms with E-state index in [0.29, 0.717) is 0 Å². The Kier molecular flexibility index (Phi) is 7.84. The fourth-order valence-electron chi connectivity index (χ4n) is 7.20. The van der Waals surface area contributed by atoms with Gasteiger partial charge in [0.05, 0.1) is 11.0 Å². The molecular weight excluding hydrogens is 619 g/mol. The largest absolute Gasteiger partial charge is 0.311 e. The van der Waals surface area contributed by atoms with E-state index in [0.717, 1.165) is 39.8 Å². The van der Waals surface area contributed by atoms with Gasteiger partial charge in [-0.15, -0.1) is 0 Å². The first-order valence-electron chi connectivity index (χ1n) is 17.4. The number of benzene rings is 8. The third-order valence-electron chi connectivity index (χ3n) is 9.55. The molecule has 9 aromatic rings. The molecule has 0 amide bonds. The number of hydrogen-bond acceptors (Lipinski definition) is 2. The van der Waals surface area contributed by atoms with Crippen LogP contribution in [0.2, 0.25) is 0 Å². The minimum atomic E-state index is 1.10. The standard InChI is InChI=1S/C48H35N3/c1-4-15-38(16-5-1)49(39-17-6-2-7-18-39)41-31-27-36(28-32-41)37-29-33-42(34-30-37)50(40-19-8-3-9-20-40)43-21-14-22-44(35-43)51-47-25-12-10-23-45(47)46-24-11-13-26-48(46)51/h1-35H. The van der Waals surface area contributed by atoms with Crippen molar-refractivity contribution in [3.63, 3.8) is 0 Å². The molecule has 0 unspecified atom stereocenters. The summed E-state index contributed by atoms with van der Waals surface area (Å²) in [6, 6.07) is 75.6. The van der Waals surface area contributed by atoms with Gasteiger partial charge in [0.15, 0.2) is 0 Å². The van der Waals surface area contributed by atoms with Gasteiger partial charge >= 0.3 is 0 Å². The number of hydrogen-bond donors (Lipinski definition) is 0. The highest BCUT2D eigenvalue weighted by atomic mass is 15.1. The van der Waals surface area contributed by atoms with Crippen LogP contribution in [0.5, 0.6) is 0 Å². The molecule has 0 radical (unpaired) electrons. The first kappa shape index (κ1) is 30.2. The Bertz CT molecular complexity index is 2460. The van der Waals surface area contributed by atoms with Crippen LogP contribution in [-0.4, -0.2) is 4.57 Å². The molecule has 0 N–H and O–H groups in total. The molecule has 1 aromatic heterocycles. The maximum atomic E-state index is 2.38. The van der Waals surface area contributed by atoms with Crippen LogP contribution < -0.4 is 9.80 Å².